The Morgan fingerprint density at radius 2 is 1.34 bits per heavy atom. The van der Waals surface area contributed by atoms with Gasteiger partial charge in [-0.2, -0.15) is 0 Å². The fraction of sp³-hybridized carbons (Fsp3) is 0.605. The monoisotopic (exact) mass is 558 g/mol. The minimum absolute atomic E-state index is 0.0821. The molecule has 1 heterocycles. The van der Waals surface area contributed by atoms with Gasteiger partial charge < -0.3 is 4.42 Å². The predicted molar refractivity (Wildman–Crippen MR) is 170 cm³/mol. The van der Waals surface area contributed by atoms with Crippen LogP contribution < -0.4 is 5.63 Å². The standard InChI is InChI=1S/C38H51FO2/c1-3-5-6-7-8-9-11-28-12-16-29(17-13-28)30-20-22-31(23-21-30)34-25-24-33-26-35(41-38(40)36(33)37(34)39)32-18-14-27(10-4-2)15-19-32/h20-29,32H,3-19H2,1-2H3. The number of fused-ring (bicyclic) bond motifs is 1. The maximum absolute atomic E-state index is 15.8. The summed E-state index contributed by atoms with van der Waals surface area (Å²) in [6.45, 7) is 4.52. The van der Waals surface area contributed by atoms with E-state index in [9.17, 15) is 4.79 Å². The van der Waals surface area contributed by atoms with Gasteiger partial charge in [0.1, 0.15) is 17.0 Å². The van der Waals surface area contributed by atoms with Crippen LogP contribution in [0.1, 0.15) is 146 Å². The number of benzene rings is 2. The zero-order valence-corrected chi connectivity index (χ0v) is 25.6. The maximum Gasteiger partial charge on any atom is 0.346 e. The van der Waals surface area contributed by atoms with E-state index in [1.54, 1.807) is 0 Å². The van der Waals surface area contributed by atoms with Crippen molar-refractivity contribution < 1.29 is 8.81 Å². The van der Waals surface area contributed by atoms with E-state index in [-0.39, 0.29) is 11.3 Å². The quantitative estimate of drug-likeness (QED) is 0.207. The van der Waals surface area contributed by atoms with Crippen molar-refractivity contribution in [3.05, 3.63) is 70.0 Å². The third kappa shape index (κ3) is 7.51. The molecule has 2 saturated carbocycles. The van der Waals surface area contributed by atoms with Crippen LogP contribution in [-0.2, 0) is 0 Å². The normalized spacial score (nSPS) is 23.2. The molecule has 0 radical (unpaired) electrons. The van der Waals surface area contributed by atoms with Crippen LogP contribution >= 0.6 is 0 Å². The van der Waals surface area contributed by atoms with Crippen molar-refractivity contribution >= 4 is 10.8 Å². The van der Waals surface area contributed by atoms with Gasteiger partial charge in [0, 0.05) is 11.5 Å². The summed E-state index contributed by atoms with van der Waals surface area (Å²) in [4.78, 5) is 13.0. The SMILES string of the molecule is CCCCCCCCC1CCC(c2ccc(-c3ccc4cc(C5CCC(CCC)CC5)oc(=O)c4c3F)cc2)CC1. The second kappa shape index (κ2) is 14.7. The van der Waals surface area contributed by atoms with Crippen LogP contribution in [0.25, 0.3) is 21.9 Å². The summed E-state index contributed by atoms with van der Waals surface area (Å²) in [5, 5.41) is 0.737. The molecule has 0 saturated heterocycles. The Morgan fingerprint density at radius 3 is 2.02 bits per heavy atom. The average Bonchev–Trinajstić information content (AvgIpc) is 3.00. The highest BCUT2D eigenvalue weighted by Gasteiger charge is 2.26. The van der Waals surface area contributed by atoms with E-state index in [0.29, 0.717) is 16.9 Å². The number of rotatable bonds is 12. The van der Waals surface area contributed by atoms with Crippen molar-refractivity contribution in [2.24, 2.45) is 11.8 Å². The van der Waals surface area contributed by atoms with Gasteiger partial charge in [-0.15, -0.1) is 0 Å². The molecule has 1 aromatic heterocycles. The summed E-state index contributed by atoms with van der Waals surface area (Å²) in [6, 6.07) is 14.1. The van der Waals surface area contributed by atoms with Crippen LogP contribution in [0.3, 0.4) is 0 Å². The van der Waals surface area contributed by atoms with Gasteiger partial charge in [-0.05, 0) is 91.7 Å². The Bertz CT molecular complexity index is 1290. The van der Waals surface area contributed by atoms with Gasteiger partial charge in [0.25, 0.3) is 0 Å². The van der Waals surface area contributed by atoms with Crippen LogP contribution in [0.2, 0.25) is 0 Å². The van der Waals surface area contributed by atoms with E-state index in [1.807, 2.05) is 30.3 Å². The molecule has 2 aromatic carbocycles. The molecule has 2 aliphatic rings. The lowest BCUT2D eigenvalue weighted by atomic mass is 9.77. The van der Waals surface area contributed by atoms with Crippen LogP contribution in [0, 0.1) is 17.7 Å². The highest BCUT2D eigenvalue weighted by atomic mass is 19.1. The van der Waals surface area contributed by atoms with E-state index in [2.05, 4.69) is 26.0 Å². The fourth-order valence-corrected chi connectivity index (χ4v) is 7.76. The summed E-state index contributed by atoms with van der Waals surface area (Å²) in [6.07, 6.45) is 21.8. The molecule has 2 nitrogen and oxygen atoms in total. The summed E-state index contributed by atoms with van der Waals surface area (Å²) in [5.41, 5.74) is 2.13. The van der Waals surface area contributed by atoms with E-state index < -0.39 is 11.4 Å². The van der Waals surface area contributed by atoms with Crippen LogP contribution in [0.4, 0.5) is 4.39 Å². The van der Waals surface area contributed by atoms with Crippen LogP contribution in [-0.4, -0.2) is 0 Å². The van der Waals surface area contributed by atoms with Gasteiger partial charge >= 0.3 is 5.63 Å². The Balaban J connectivity index is 1.20. The lowest BCUT2D eigenvalue weighted by Gasteiger charge is -2.29. The molecule has 0 atom stereocenters. The molecule has 2 aliphatic carbocycles. The summed E-state index contributed by atoms with van der Waals surface area (Å²) >= 11 is 0. The molecular formula is C38H51FO2. The first-order valence-corrected chi connectivity index (χ1v) is 16.9. The first kappa shape index (κ1) is 30.1. The van der Waals surface area contributed by atoms with Crippen molar-refractivity contribution in [2.75, 3.05) is 0 Å². The van der Waals surface area contributed by atoms with Crippen molar-refractivity contribution in [2.45, 2.75) is 135 Å². The molecule has 0 spiro atoms. The van der Waals surface area contributed by atoms with Gasteiger partial charge in [0.2, 0.25) is 0 Å². The van der Waals surface area contributed by atoms with E-state index in [4.69, 9.17) is 4.42 Å². The highest BCUT2D eigenvalue weighted by Crippen LogP contribution is 2.40. The third-order valence-corrected chi connectivity index (χ3v) is 10.3. The lowest BCUT2D eigenvalue weighted by molar-refractivity contribution is 0.280. The molecule has 3 heteroatoms. The third-order valence-electron chi connectivity index (χ3n) is 10.3. The van der Waals surface area contributed by atoms with Gasteiger partial charge in [0.05, 0.1) is 0 Å². The first-order valence-electron chi connectivity index (χ1n) is 16.9. The van der Waals surface area contributed by atoms with Crippen molar-refractivity contribution in [1.82, 2.24) is 0 Å². The van der Waals surface area contributed by atoms with E-state index in [1.165, 1.54) is 102 Å². The van der Waals surface area contributed by atoms with E-state index >= 15 is 4.39 Å². The molecule has 2 fully saturated rings. The topological polar surface area (TPSA) is 30.2 Å². The van der Waals surface area contributed by atoms with E-state index in [0.717, 1.165) is 36.0 Å². The molecule has 0 bridgehead atoms. The first-order chi connectivity index (χ1) is 20.1. The number of unbranched alkanes of at least 4 members (excludes halogenated alkanes) is 5. The van der Waals surface area contributed by atoms with Gasteiger partial charge in [-0.25, -0.2) is 9.18 Å². The minimum atomic E-state index is -0.540. The largest absolute Gasteiger partial charge is 0.427 e. The zero-order chi connectivity index (χ0) is 28.6. The predicted octanol–water partition coefficient (Wildman–Crippen LogP) is 11.7. The number of hydrogen-bond acceptors (Lipinski definition) is 2. The Kier molecular flexibility index (Phi) is 10.7. The smallest absolute Gasteiger partial charge is 0.346 e. The van der Waals surface area contributed by atoms with Crippen LogP contribution in [0.15, 0.2) is 51.7 Å². The minimum Gasteiger partial charge on any atom is -0.427 e. The molecule has 41 heavy (non-hydrogen) atoms. The molecule has 5 rings (SSSR count). The lowest BCUT2D eigenvalue weighted by Crippen LogP contribution is -2.15. The summed E-state index contributed by atoms with van der Waals surface area (Å²) in [7, 11) is 0. The highest BCUT2D eigenvalue weighted by molar-refractivity contribution is 5.87. The second-order valence-electron chi connectivity index (χ2n) is 13.2. The molecule has 0 N–H and O–H groups in total. The molecule has 0 unspecified atom stereocenters. The van der Waals surface area contributed by atoms with Crippen molar-refractivity contribution in [3.63, 3.8) is 0 Å². The fourth-order valence-electron chi connectivity index (χ4n) is 7.76. The Labute approximate surface area is 247 Å². The molecule has 0 aliphatic heterocycles. The molecule has 3 aromatic rings. The number of hydrogen-bond donors (Lipinski definition) is 0. The summed E-state index contributed by atoms with van der Waals surface area (Å²) in [5.74, 6) is 2.83. The molecular weight excluding hydrogens is 507 g/mol. The van der Waals surface area contributed by atoms with Gasteiger partial charge in [-0.1, -0.05) is 108 Å². The maximum atomic E-state index is 15.8. The zero-order valence-electron chi connectivity index (χ0n) is 25.6. The Hall–Kier alpha value is -2.42. The molecule has 222 valence electrons. The van der Waals surface area contributed by atoms with Crippen LogP contribution in [0.5, 0.6) is 0 Å². The summed E-state index contributed by atoms with van der Waals surface area (Å²) < 4.78 is 21.5. The average molecular weight is 559 g/mol. The van der Waals surface area contributed by atoms with Crippen molar-refractivity contribution in [3.8, 4) is 11.1 Å². The van der Waals surface area contributed by atoms with Crippen molar-refractivity contribution in [1.29, 1.82) is 0 Å². The van der Waals surface area contributed by atoms with Gasteiger partial charge in [-0.3, -0.25) is 0 Å². The Morgan fingerprint density at radius 1 is 0.707 bits per heavy atom. The number of halogens is 1. The second-order valence-corrected chi connectivity index (χ2v) is 13.2. The van der Waals surface area contributed by atoms with Gasteiger partial charge in [0.15, 0.2) is 0 Å². The molecule has 0 amide bonds.